The van der Waals surface area contributed by atoms with E-state index in [1.165, 1.54) is 18.5 Å². The lowest BCUT2D eigenvalue weighted by molar-refractivity contribution is -0.137. The number of hydrogen-bond donors (Lipinski definition) is 2. The van der Waals surface area contributed by atoms with Gasteiger partial charge in [-0.05, 0) is 24.3 Å². The van der Waals surface area contributed by atoms with Gasteiger partial charge in [0.05, 0.1) is 11.8 Å². The zero-order valence-corrected chi connectivity index (χ0v) is 13.0. The molecule has 3 heterocycles. The number of aromatic nitrogens is 4. The second-order valence-corrected chi connectivity index (χ2v) is 5.06. The average Bonchev–Trinajstić information content (AvgIpc) is 2.62. The number of carbonyl (C=O) groups is 1. The van der Waals surface area contributed by atoms with E-state index in [0.717, 1.165) is 18.3 Å². The van der Waals surface area contributed by atoms with Gasteiger partial charge in [-0.1, -0.05) is 6.07 Å². The topological polar surface area (TPSA) is 107 Å². The fourth-order valence-electron chi connectivity index (χ4n) is 2.13. The molecule has 10 heteroatoms. The third-order valence-corrected chi connectivity index (χ3v) is 3.28. The van der Waals surface area contributed by atoms with E-state index in [1.54, 1.807) is 12.1 Å². The Morgan fingerprint density at radius 2 is 1.81 bits per heavy atom. The summed E-state index contributed by atoms with van der Waals surface area (Å²) in [5.74, 6) is -0.746. The number of anilines is 2. The Morgan fingerprint density at radius 1 is 1.04 bits per heavy atom. The molecule has 0 unspecified atom stereocenters. The van der Waals surface area contributed by atoms with Crippen molar-refractivity contribution in [1.29, 1.82) is 0 Å². The van der Waals surface area contributed by atoms with Crippen LogP contribution in [0, 0.1) is 0 Å². The number of nitrogen functional groups attached to an aromatic ring is 1. The summed E-state index contributed by atoms with van der Waals surface area (Å²) in [5, 5.41) is 2.45. The van der Waals surface area contributed by atoms with Crippen LogP contribution >= 0.6 is 0 Å². The van der Waals surface area contributed by atoms with Gasteiger partial charge in [-0.25, -0.2) is 15.0 Å². The van der Waals surface area contributed by atoms with Gasteiger partial charge in [0.25, 0.3) is 5.91 Å². The molecule has 7 nitrogen and oxygen atoms in total. The lowest BCUT2D eigenvalue weighted by Gasteiger charge is -2.12. The lowest BCUT2D eigenvalue weighted by Crippen LogP contribution is -2.18. The molecule has 0 aliphatic heterocycles. The summed E-state index contributed by atoms with van der Waals surface area (Å²) < 4.78 is 39.5. The summed E-state index contributed by atoms with van der Waals surface area (Å²) in [4.78, 5) is 27.7. The maximum absolute atomic E-state index is 13.2. The van der Waals surface area contributed by atoms with Crippen LogP contribution in [0.4, 0.5) is 24.8 Å². The number of halogens is 3. The number of hydrogen-bond acceptors (Lipinski definition) is 6. The molecule has 0 aliphatic carbocycles. The Hall–Kier alpha value is -3.56. The molecular weight excluding hydrogens is 349 g/mol. The Labute approximate surface area is 145 Å². The fourth-order valence-corrected chi connectivity index (χ4v) is 2.13. The normalized spacial score (nSPS) is 11.2. The molecule has 0 bridgehead atoms. The standard InChI is InChI=1S/C16H11F3N6O/c17-16(18,19)9-4-3-7-22-12(9)10-8-23-14(20)13(24-10)15(26)25-11-5-1-2-6-21-11/h1-8H,(H2,20,23)(H,21,25,26). The molecule has 0 fully saturated rings. The zero-order valence-electron chi connectivity index (χ0n) is 13.0. The van der Waals surface area contributed by atoms with Gasteiger partial charge in [0.2, 0.25) is 0 Å². The van der Waals surface area contributed by atoms with Crippen molar-refractivity contribution in [3.63, 3.8) is 0 Å². The van der Waals surface area contributed by atoms with Crippen LogP contribution < -0.4 is 11.1 Å². The number of alkyl halides is 3. The molecule has 3 N–H and O–H groups in total. The van der Waals surface area contributed by atoms with Crippen LogP contribution in [0.1, 0.15) is 16.1 Å². The molecule has 0 atom stereocenters. The Morgan fingerprint density at radius 3 is 2.50 bits per heavy atom. The van der Waals surface area contributed by atoms with Crippen molar-refractivity contribution in [1.82, 2.24) is 19.9 Å². The van der Waals surface area contributed by atoms with Crippen LogP contribution in [0.5, 0.6) is 0 Å². The fraction of sp³-hybridized carbons (Fsp3) is 0.0625. The third kappa shape index (κ3) is 3.58. The number of nitrogens with two attached hydrogens (primary N) is 1. The van der Waals surface area contributed by atoms with Gasteiger partial charge in [0.1, 0.15) is 17.2 Å². The van der Waals surface area contributed by atoms with Crippen molar-refractivity contribution in [2.45, 2.75) is 6.18 Å². The van der Waals surface area contributed by atoms with Crippen LogP contribution in [-0.2, 0) is 6.18 Å². The molecule has 3 rings (SSSR count). The first-order chi connectivity index (χ1) is 12.4. The molecule has 3 aromatic rings. The van der Waals surface area contributed by atoms with Gasteiger partial charge in [0, 0.05) is 12.4 Å². The van der Waals surface area contributed by atoms with Crippen LogP contribution in [0.3, 0.4) is 0 Å². The number of amides is 1. The van der Waals surface area contributed by atoms with E-state index in [4.69, 9.17) is 5.73 Å². The predicted octanol–water partition coefficient (Wildman–Crippen LogP) is 2.79. The Bertz CT molecular complexity index is 946. The molecular formula is C16H11F3N6O. The smallest absolute Gasteiger partial charge is 0.382 e. The molecule has 0 aliphatic rings. The van der Waals surface area contributed by atoms with Crippen molar-refractivity contribution >= 4 is 17.5 Å². The van der Waals surface area contributed by atoms with Crippen molar-refractivity contribution in [2.75, 3.05) is 11.1 Å². The van der Waals surface area contributed by atoms with E-state index in [-0.39, 0.29) is 23.0 Å². The molecule has 132 valence electrons. The average molecular weight is 360 g/mol. The number of carbonyl (C=O) groups excluding carboxylic acids is 1. The maximum Gasteiger partial charge on any atom is 0.418 e. The van der Waals surface area contributed by atoms with Gasteiger partial charge in [0.15, 0.2) is 11.5 Å². The highest BCUT2D eigenvalue weighted by atomic mass is 19.4. The summed E-state index contributed by atoms with van der Waals surface area (Å²) >= 11 is 0. The lowest BCUT2D eigenvalue weighted by atomic mass is 10.1. The van der Waals surface area contributed by atoms with Crippen LogP contribution in [-0.4, -0.2) is 25.8 Å². The maximum atomic E-state index is 13.2. The van der Waals surface area contributed by atoms with Gasteiger partial charge >= 0.3 is 6.18 Å². The second kappa shape index (κ2) is 6.75. The van der Waals surface area contributed by atoms with E-state index >= 15 is 0 Å². The minimum Gasteiger partial charge on any atom is -0.382 e. The summed E-state index contributed by atoms with van der Waals surface area (Å²) in [6.07, 6.45) is -0.950. The number of nitrogens with one attached hydrogen (secondary N) is 1. The third-order valence-electron chi connectivity index (χ3n) is 3.28. The van der Waals surface area contributed by atoms with E-state index < -0.39 is 23.3 Å². The minimum absolute atomic E-state index is 0.224. The van der Waals surface area contributed by atoms with Crippen molar-refractivity contribution in [2.24, 2.45) is 0 Å². The number of nitrogens with zero attached hydrogens (tertiary/aromatic N) is 4. The first kappa shape index (κ1) is 17.3. The SMILES string of the molecule is Nc1ncc(-c2ncccc2C(F)(F)F)nc1C(=O)Nc1ccccn1. The molecule has 3 aromatic heterocycles. The van der Waals surface area contributed by atoms with Crippen LogP contribution in [0.2, 0.25) is 0 Å². The molecule has 0 aromatic carbocycles. The first-order valence-electron chi connectivity index (χ1n) is 7.24. The van der Waals surface area contributed by atoms with Crippen molar-refractivity contribution < 1.29 is 18.0 Å². The first-order valence-corrected chi connectivity index (χ1v) is 7.24. The summed E-state index contributed by atoms with van der Waals surface area (Å²) in [5.41, 5.74) is 3.66. The monoisotopic (exact) mass is 360 g/mol. The molecule has 0 saturated carbocycles. The summed E-state index contributed by atoms with van der Waals surface area (Å²) in [6, 6.07) is 6.87. The highest BCUT2D eigenvalue weighted by Gasteiger charge is 2.35. The van der Waals surface area contributed by atoms with Crippen molar-refractivity contribution in [3.8, 4) is 11.4 Å². The van der Waals surface area contributed by atoms with Crippen LogP contribution in [0.25, 0.3) is 11.4 Å². The highest BCUT2D eigenvalue weighted by molar-refractivity contribution is 6.05. The van der Waals surface area contributed by atoms with Gasteiger partial charge < -0.3 is 11.1 Å². The van der Waals surface area contributed by atoms with E-state index in [9.17, 15) is 18.0 Å². The quantitative estimate of drug-likeness (QED) is 0.744. The van der Waals surface area contributed by atoms with Gasteiger partial charge in [-0.3, -0.25) is 9.78 Å². The molecule has 0 spiro atoms. The van der Waals surface area contributed by atoms with Crippen LogP contribution in [0.15, 0.2) is 48.9 Å². The number of pyridine rings is 2. The molecule has 1 amide bonds. The largest absolute Gasteiger partial charge is 0.418 e. The second-order valence-electron chi connectivity index (χ2n) is 5.06. The summed E-state index contributed by atoms with van der Waals surface area (Å²) in [7, 11) is 0. The van der Waals surface area contributed by atoms with E-state index in [1.807, 2.05) is 0 Å². The molecule has 26 heavy (non-hydrogen) atoms. The van der Waals surface area contributed by atoms with E-state index in [0.29, 0.717) is 0 Å². The highest BCUT2D eigenvalue weighted by Crippen LogP contribution is 2.35. The zero-order chi connectivity index (χ0) is 18.7. The molecule has 0 radical (unpaired) electrons. The van der Waals surface area contributed by atoms with Crippen molar-refractivity contribution in [3.05, 3.63) is 60.2 Å². The Balaban J connectivity index is 2.00. The van der Waals surface area contributed by atoms with Gasteiger partial charge in [-0.15, -0.1) is 0 Å². The predicted molar refractivity (Wildman–Crippen MR) is 86.9 cm³/mol. The minimum atomic E-state index is -4.64. The number of rotatable bonds is 3. The summed E-state index contributed by atoms with van der Waals surface area (Å²) in [6.45, 7) is 0. The van der Waals surface area contributed by atoms with Gasteiger partial charge in [-0.2, -0.15) is 13.2 Å². The molecule has 0 saturated heterocycles. The van der Waals surface area contributed by atoms with E-state index in [2.05, 4.69) is 25.3 Å². The Kier molecular flexibility index (Phi) is 4.48.